The van der Waals surface area contributed by atoms with Crippen LogP contribution in [0.5, 0.6) is 11.5 Å². The second-order valence-electron chi connectivity index (χ2n) is 3.05. The van der Waals surface area contributed by atoms with Crippen molar-refractivity contribution in [3.63, 3.8) is 0 Å². The molecule has 0 aliphatic rings. The van der Waals surface area contributed by atoms with Crippen LogP contribution in [0.25, 0.3) is 0 Å². The fourth-order valence-electron chi connectivity index (χ4n) is 1.17. The Hall–Kier alpha value is -1.22. The quantitative estimate of drug-likeness (QED) is 0.741. The zero-order valence-corrected chi connectivity index (χ0v) is 7.82. The number of phenols is 1. The topological polar surface area (TPSA) is 49.7 Å². The third kappa shape index (κ3) is 2.63. The molecule has 1 aromatic rings. The molecule has 0 bridgehead atoms. The lowest BCUT2D eigenvalue weighted by molar-refractivity contribution is 0.194. The van der Waals surface area contributed by atoms with Crippen LogP contribution < -0.4 is 4.74 Å². The molecule has 0 amide bonds. The summed E-state index contributed by atoms with van der Waals surface area (Å²) in [7, 11) is 1.57. The largest absolute Gasteiger partial charge is 0.508 e. The fourth-order valence-corrected chi connectivity index (χ4v) is 1.17. The molecule has 0 radical (unpaired) electrons. The highest BCUT2D eigenvalue weighted by molar-refractivity contribution is 5.39. The van der Waals surface area contributed by atoms with E-state index in [0.717, 1.165) is 0 Å². The van der Waals surface area contributed by atoms with Crippen molar-refractivity contribution in [2.75, 3.05) is 7.11 Å². The lowest BCUT2D eigenvalue weighted by Gasteiger charge is -2.08. The first-order chi connectivity index (χ1) is 6.13. The van der Waals surface area contributed by atoms with Gasteiger partial charge in [-0.25, -0.2) is 0 Å². The standard InChI is InChI=1S/C10H14O3/c1-7(11)5-8-6-9(13-2)3-4-10(8)12/h3-4,6-7,11-12H,5H2,1-2H3/t7-/m0/s1. The van der Waals surface area contributed by atoms with Gasteiger partial charge in [0.1, 0.15) is 11.5 Å². The van der Waals surface area contributed by atoms with Gasteiger partial charge in [0.15, 0.2) is 0 Å². The molecule has 0 fully saturated rings. The number of benzene rings is 1. The molecule has 0 heterocycles. The second kappa shape index (κ2) is 4.14. The molecule has 72 valence electrons. The van der Waals surface area contributed by atoms with Gasteiger partial charge in [0, 0.05) is 12.0 Å². The first kappa shape index (κ1) is 9.86. The molecule has 0 aliphatic heterocycles. The van der Waals surface area contributed by atoms with Crippen molar-refractivity contribution in [3.05, 3.63) is 23.8 Å². The Morgan fingerprint density at radius 1 is 1.46 bits per heavy atom. The van der Waals surface area contributed by atoms with E-state index < -0.39 is 6.10 Å². The lowest BCUT2D eigenvalue weighted by atomic mass is 10.1. The summed E-state index contributed by atoms with van der Waals surface area (Å²) in [6, 6.07) is 4.97. The van der Waals surface area contributed by atoms with Gasteiger partial charge in [-0.1, -0.05) is 0 Å². The first-order valence-corrected chi connectivity index (χ1v) is 4.17. The molecule has 0 aliphatic carbocycles. The molecule has 0 saturated heterocycles. The van der Waals surface area contributed by atoms with Crippen LogP contribution in [0.3, 0.4) is 0 Å². The highest BCUT2D eigenvalue weighted by Crippen LogP contribution is 2.23. The molecule has 13 heavy (non-hydrogen) atoms. The van der Waals surface area contributed by atoms with E-state index in [-0.39, 0.29) is 5.75 Å². The zero-order valence-electron chi connectivity index (χ0n) is 7.82. The predicted molar refractivity (Wildman–Crippen MR) is 50.0 cm³/mol. The maximum atomic E-state index is 9.41. The number of phenolic OH excluding ortho intramolecular Hbond substituents is 1. The van der Waals surface area contributed by atoms with E-state index in [9.17, 15) is 5.11 Å². The maximum Gasteiger partial charge on any atom is 0.119 e. The molecular weight excluding hydrogens is 168 g/mol. The van der Waals surface area contributed by atoms with Gasteiger partial charge < -0.3 is 14.9 Å². The fraction of sp³-hybridized carbons (Fsp3) is 0.400. The number of methoxy groups -OCH3 is 1. The number of hydrogen-bond donors (Lipinski definition) is 2. The van der Waals surface area contributed by atoms with Crippen molar-refractivity contribution in [1.29, 1.82) is 0 Å². The number of aromatic hydroxyl groups is 1. The molecular formula is C10H14O3. The molecule has 3 nitrogen and oxygen atoms in total. The number of ether oxygens (including phenoxy) is 1. The summed E-state index contributed by atoms with van der Waals surface area (Å²) in [5.74, 6) is 0.884. The van der Waals surface area contributed by atoms with Crippen LogP contribution in [-0.4, -0.2) is 23.4 Å². The van der Waals surface area contributed by atoms with Crippen LogP contribution in [0.2, 0.25) is 0 Å². The summed E-state index contributed by atoms with van der Waals surface area (Å²) in [6.07, 6.45) is -0.0266. The summed E-state index contributed by atoms with van der Waals surface area (Å²) in [5.41, 5.74) is 0.703. The predicted octanol–water partition coefficient (Wildman–Crippen LogP) is 1.32. The van der Waals surface area contributed by atoms with Gasteiger partial charge in [0.05, 0.1) is 13.2 Å². The van der Waals surface area contributed by atoms with Crippen LogP contribution in [-0.2, 0) is 6.42 Å². The minimum absolute atomic E-state index is 0.196. The highest BCUT2D eigenvalue weighted by Gasteiger charge is 2.05. The molecule has 0 spiro atoms. The van der Waals surface area contributed by atoms with Crippen LogP contribution in [0, 0.1) is 0 Å². The highest BCUT2D eigenvalue weighted by atomic mass is 16.5. The van der Waals surface area contributed by atoms with E-state index in [1.165, 1.54) is 0 Å². The second-order valence-corrected chi connectivity index (χ2v) is 3.05. The molecule has 1 atom stereocenters. The summed E-state index contributed by atoms with van der Waals surface area (Å²) in [5, 5.41) is 18.6. The Bertz CT molecular complexity index is 281. The van der Waals surface area contributed by atoms with Crippen molar-refractivity contribution in [1.82, 2.24) is 0 Å². The number of rotatable bonds is 3. The number of aliphatic hydroxyl groups is 1. The van der Waals surface area contributed by atoms with E-state index in [1.807, 2.05) is 0 Å². The zero-order chi connectivity index (χ0) is 9.84. The molecule has 0 saturated carbocycles. The molecule has 0 aromatic heterocycles. The van der Waals surface area contributed by atoms with Crippen molar-refractivity contribution >= 4 is 0 Å². The van der Waals surface area contributed by atoms with Crippen molar-refractivity contribution in [2.45, 2.75) is 19.4 Å². The van der Waals surface area contributed by atoms with Crippen LogP contribution in [0.4, 0.5) is 0 Å². The van der Waals surface area contributed by atoms with E-state index >= 15 is 0 Å². The molecule has 1 aromatic carbocycles. The monoisotopic (exact) mass is 182 g/mol. The Kier molecular flexibility index (Phi) is 3.14. The third-order valence-electron chi connectivity index (χ3n) is 1.80. The van der Waals surface area contributed by atoms with Crippen molar-refractivity contribution in [2.24, 2.45) is 0 Å². The lowest BCUT2D eigenvalue weighted by Crippen LogP contribution is -2.04. The maximum absolute atomic E-state index is 9.41. The Balaban J connectivity index is 2.90. The molecule has 0 unspecified atom stereocenters. The summed E-state index contributed by atoms with van der Waals surface area (Å²) in [6.45, 7) is 1.68. The normalized spacial score (nSPS) is 12.5. The minimum Gasteiger partial charge on any atom is -0.508 e. The van der Waals surface area contributed by atoms with Gasteiger partial charge >= 0.3 is 0 Å². The van der Waals surface area contributed by atoms with Gasteiger partial charge in [-0.2, -0.15) is 0 Å². The average Bonchev–Trinajstić information content (AvgIpc) is 2.08. The van der Waals surface area contributed by atoms with Gasteiger partial charge in [-0.05, 0) is 25.1 Å². The smallest absolute Gasteiger partial charge is 0.119 e. The van der Waals surface area contributed by atoms with E-state index in [0.29, 0.717) is 17.7 Å². The molecule has 2 N–H and O–H groups in total. The van der Waals surface area contributed by atoms with Gasteiger partial charge in [-0.15, -0.1) is 0 Å². The summed E-state index contributed by atoms with van der Waals surface area (Å²) in [4.78, 5) is 0. The van der Waals surface area contributed by atoms with Gasteiger partial charge in [0.25, 0.3) is 0 Å². The van der Waals surface area contributed by atoms with E-state index in [1.54, 1.807) is 32.2 Å². The Labute approximate surface area is 77.6 Å². The third-order valence-corrected chi connectivity index (χ3v) is 1.80. The van der Waals surface area contributed by atoms with Crippen LogP contribution in [0.1, 0.15) is 12.5 Å². The Morgan fingerprint density at radius 2 is 2.15 bits per heavy atom. The van der Waals surface area contributed by atoms with Crippen LogP contribution in [0.15, 0.2) is 18.2 Å². The van der Waals surface area contributed by atoms with Gasteiger partial charge in [0.2, 0.25) is 0 Å². The summed E-state index contributed by atoms with van der Waals surface area (Å²) >= 11 is 0. The number of aliphatic hydroxyl groups excluding tert-OH is 1. The average molecular weight is 182 g/mol. The summed E-state index contributed by atoms with van der Waals surface area (Å²) < 4.78 is 5.00. The first-order valence-electron chi connectivity index (χ1n) is 4.17. The Morgan fingerprint density at radius 3 is 2.69 bits per heavy atom. The molecule has 1 rings (SSSR count). The number of hydrogen-bond acceptors (Lipinski definition) is 3. The van der Waals surface area contributed by atoms with E-state index in [2.05, 4.69) is 0 Å². The van der Waals surface area contributed by atoms with E-state index in [4.69, 9.17) is 9.84 Å². The van der Waals surface area contributed by atoms with Crippen molar-refractivity contribution < 1.29 is 14.9 Å². The molecule has 3 heteroatoms. The van der Waals surface area contributed by atoms with Crippen molar-refractivity contribution in [3.8, 4) is 11.5 Å². The van der Waals surface area contributed by atoms with Gasteiger partial charge in [-0.3, -0.25) is 0 Å². The minimum atomic E-state index is -0.460. The SMILES string of the molecule is COc1ccc(O)c(C[C@H](C)O)c1. The van der Waals surface area contributed by atoms with Crippen LogP contribution >= 0.6 is 0 Å².